The summed E-state index contributed by atoms with van der Waals surface area (Å²) in [5, 5.41) is 3.77. The Hall–Kier alpha value is -3.33. The van der Waals surface area contributed by atoms with Gasteiger partial charge in [-0.15, -0.1) is 0 Å². The van der Waals surface area contributed by atoms with Gasteiger partial charge in [0.1, 0.15) is 17.3 Å². The Morgan fingerprint density at radius 1 is 0.976 bits per heavy atom. The zero-order valence-electron chi connectivity index (χ0n) is 24.4. The van der Waals surface area contributed by atoms with E-state index in [-0.39, 0.29) is 11.7 Å². The Balaban J connectivity index is 1.24. The summed E-state index contributed by atoms with van der Waals surface area (Å²) in [6.07, 6.45) is 2.23. The lowest BCUT2D eigenvalue weighted by molar-refractivity contribution is -0.116. The molecule has 0 spiro atoms. The Labute approximate surface area is 253 Å². The van der Waals surface area contributed by atoms with E-state index in [4.69, 9.17) is 21.1 Å². The fourth-order valence-electron chi connectivity index (χ4n) is 6.28. The topological polar surface area (TPSA) is 57.3 Å². The van der Waals surface area contributed by atoms with E-state index in [0.29, 0.717) is 41.3 Å². The Morgan fingerprint density at radius 3 is 2.45 bits per heavy atom. The average molecular weight is 595 g/mol. The first-order chi connectivity index (χ1) is 20.4. The van der Waals surface area contributed by atoms with Crippen LogP contribution in [-0.4, -0.2) is 75.2 Å². The highest BCUT2D eigenvalue weighted by atomic mass is 35.5. The van der Waals surface area contributed by atoms with E-state index in [9.17, 15) is 9.18 Å². The normalized spacial score (nSPS) is 19.9. The fourth-order valence-corrected chi connectivity index (χ4v) is 6.41. The first-order valence-corrected chi connectivity index (χ1v) is 15.0. The van der Waals surface area contributed by atoms with Crippen molar-refractivity contribution in [3.63, 3.8) is 0 Å². The summed E-state index contributed by atoms with van der Waals surface area (Å²) in [5.41, 5.74) is 2.55. The van der Waals surface area contributed by atoms with Crippen molar-refractivity contribution in [2.24, 2.45) is 5.92 Å². The lowest BCUT2D eigenvalue weighted by Crippen LogP contribution is -2.56. The molecule has 3 aromatic rings. The van der Waals surface area contributed by atoms with Crippen molar-refractivity contribution < 1.29 is 18.7 Å². The second-order valence-corrected chi connectivity index (χ2v) is 11.5. The molecule has 1 amide bonds. The van der Waals surface area contributed by atoms with Gasteiger partial charge in [-0.2, -0.15) is 0 Å². The predicted molar refractivity (Wildman–Crippen MR) is 166 cm³/mol. The number of amides is 1. The summed E-state index contributed by atoms with van der Waals surface area (Å²) in [7, 11) is 3.18. The van der Waals surface area contributed by atoms with Gasteiger partial charge in [0, 0.05) is 62.8 Å². The second kappa shape index (κ2) is 14.2. The Bertz CT molecular complexity index is 1330. The number of anilines is 2. The zero-order chi connectivity index (χ0) is 29.5. The monoisotopic (exact) mass is 594 g/mol. The number of piperidine rings is 1. The minimum atomic E-state index is -0.168. The van der Waals surface area contributed by atoms with E-state index in [0.717, 1.165) is 63.7 Å². The number of likely N-dealkylation sites (tertiary alicyclic amines) is 1. The van der Waals surface area contributed by atoms with E-state index in [1.165, 1.54) is 11.6 Å². The van der Waals surface area contributed by atoms with Crippen molar-refractivity contribution in [2.45, 2.75) is 31.8 Å². The van der Waals surface area contributed by atoms with Crippen LogP contribution in [0, 0.1) is 11.7 Å². The highest BCUT2D eigenvalue weighted by Crippen LogP contribution is 2.32. The number of benzene rings is 3. The predicted octanol–water partition coefficient (Wildman–Crippen LogP) is 5.93. The van der Waals surface area contributed by atoms with Gasteiger partial charge in [-0.3, -0.25) is 14.6 Å². The van der Waals surface area contributed by atoms with Crippen LogP contribution in [0.1, 0.15) is 24.8 Å². The quantitative estimate of drug-likeness (QED) is 0.314. The van der Waals surface area contributed by atoms with Gasteiger partial charge in [-0.25, -0.2) is 4.39 Å². The third-order valence-corrected chi connectivity index (χ3v) is 8.75. The summed E-state index contributed by atoms with van der Waals surface area (Å²) < 4.78 is 25.2. The first kappa shape index (κ1) is 30.1. The van der Waals surface area contributed by atoms with Gasteiger partial charge in [-0.05, 0) is 67.3 Å². The summed E-state index contributed by atoms with van der Waals surface area (Å²) in [5.74, 6) is 1.37. The Kier molecular flexibility index (Phi) is 10.2. The molecule has 0 saturated carbocycles. The zero-order valence-corrected chi connectivity index (χ0v) is 25.2. The molecule has 2 aliphatic heterocycles. The molecule has 0 aromatic heterocycles. The Morgan fingerprint density at radius 2 is 1.74 bits per heavy atom. The largest absolute Gasteiger partial charge is 0.497 e. The maximum Gasteiger partial charge on any atom is 0.224 e. The summed E-state index contributed by atoms with van der Waals surface area (Å²) in [6.45, 7) is 6.10. The third kappa shape index (κ3) is 7.54. The second-order valence-electron chi connectivity index (χ2n) is 11.1. The number of carbonyl (C=O) groups excluding carboxylic acids is 1. The number of methoxy groups -OCH3 is 2. The van der Waals surface area contributed by atoms with Crippen LogP contribution >= 0.6 is 11.6 Å². The van der Waals surface area contributed by atoms with Gasteiger partial charge in [0.25, 0.3) is 0 Å². The average Bonchev–Trinajstić information content (AvgIpc) is 3.02. The maximum absolute atomic E-state index is 14.4. The number of nitrogens with zero attached hydrogens (tertiary/aromatic N) is 3. The number of piperazine rings is 1. The number of carbonyl (C=O) groups is 1. The number of nitrogens with one attached hydrogen (secondary N) is 1. The van der Waals surface area contributed by atoms with Crippen molar-refractivity contribution in [3.8, 4) is 11.5 Å². The van der Waals surface area contributed by atoms with E-state index >= 15 is 0 Å². The van der Waals surface area contributed by atoms with Gasteiger partial charge in [0.2, 0.25) is 5.91 Å². The molecule has 9 heteroatoms. The minimum absolute atomic E-state index is 0.0311. The molecule has 2 heterocycles. The standard InChI is InChI=1S/C33H40ClFN4O3/c1-41-27-12-13-29(32(21-27)42-2)36-33(40)14-9-25-23-37(22-24-7-10-26(34)11-8-24)16-15-30(25)38-17-19-39(20-18-38)31-6-4-3-5-28(31)35/h3-8,10-13,21,25,30H,9,14-20,22-23H2,1-2H3,(H,36,40)/t25-,30+/m0/s1. The van der Waals surface area contributed by atoms with Gasteiger partial charge in [0.05, 0.1) is 25.6 Å². The maximum atomic E-state index is 14.4. The molecule has 5 rings (SSSR count). The first-order valence-electron chi connectivity index (χ1n) is 14.7. The van der Waals surface area contributed by atoms with Crippen molar-refractivity contribution in [3.05, 3.63) is 83.1 Å². The molecule has 0 radical (unpaired) electrons. The molecule has 42 heavy (non-hydrogen) atoms. The van der Waals surface area contributed by atoms with Crippen LogP contribution in [0.4, 0.5) is 15.8 Å². The number of ether oxygens (including phenoxy) is 2. The fraction of sp³-hybridized carbons (Fsp3) is 0.424. The highest BCUT2D eigenvalue weighted by molar-refractivity contribution is 6.30. The van der Waals surface area contributed by atoms with Crippen molar-refractivity contribution in [1.82, 2.24) is 9.80 Å². The number of para-hydroxylation sites is 1. The van der Waals surface area contributed by atoms with E-state index in [2.05, 4.69) is 32.1 Å². The van der Waals surface area contributed by atoms with Gasteiger partial charge in [-0.1, -0.05) is 35.9 Å². The molecule has 0 unspecified atom stereocenters. The van der Waals surface area contributed by atoms with Crippen molar-refractivity contribution in [1.29, 1.82) is 0 Å². The number of hydrogen-bond donors (Lipinski definition) is 1. The van der Waals surface area contributed by atoms with Crippen LogP contribution in [0.25, 0.3) is 0 Å². The lowest BCUT2D eigenvalue weighted by atomic mass is 9.86. The molecular weight excluding hydrogens is 555 g/mol. The van der Waals surface area contributed by atoms with Gasteiger partial charge < -0.3 is 19.7 Å². The summed E-state index contributed by atoms with van der Waals surface area (Å²) >= 11 is 6.11. The minimum Gasteiger partial charge on any atom is -0.497 e. The molecule has 224 valence electrons. The van der Waals surface area contributed by atoms with Crippen molar-refractivity contribution >= 4 is 28.9 Å². The van der Waals surface area contributed by atoms with Gasteiger partial charge in [0.15, 0.2) is 0 Å². The van der Waals surface area contributed by atoms with E-state index in [1.807, 2.05) is 36.4 Å². The molecule has 2 aliphatic rings. The van der Waals surface area contributed by atoms with Crippen LogP contribution in [0.5, 0.6) is 11.5 Å². The smallest absolute Gasteiger partial charge is 0.224 e. The van der Waals surface area contributed by atoms with Crippen molar-refractivity contribution in [2.75, 3.05) is 63.7 Å². The van der Waals surface area contributed by atoms with Crippen LogP contribution in [0.2, 0.25) is 5.02 Å². The number of hydrogen-bond acceptors (Lipinski definition) is 6. The van der Waals surface area contributed by atoms with Crippen LogP contribution in [-0.2, 0) is 11.3 Å². The SMILES string of the molecule is COc1ccc(NC(=O)CC[C@H]2CN(Cc3ccc(Cl)cc3)CC[C@H]2N2CCN(c3ccccc3F)CC2)c(OC)c1. The van der Waals surface area contributed by atoms with E-state index < -0.39 is 0 Å². The number of halogens is 2. The molecule has 0 bridgehead atoms. The summed E-state index contributed by atoms with van der Waals surface area (Å²) in [4.78, 5) is 20.3. The van der Waals surface area contributed by atoms with Crippen LogP contribution in [0.15, 0.2) is 66.7 Å². The molecule has 2 atom stereocenters. The molecule has 2 fully saturated rings. The molecule has 7 nitrogen and oxygen atoms in total. The molecule has 1 N–H and O–H groups in total. The molecule has 2 saturated heterocycles. The molecular formula is C33H40ClFN4O3. The van der Waals surface area contributed by atoms with Gasteiger partial charge >= 0.3 is 0 Å². The number of rotatable bonds is 10. The molecule has 3 aromatic carbocycles. The van der Waals surface area contributed by atoms with Crippen LogP contribution in [0.3, 0.4) is 0 Å². The lowest BCUT2D eigenvalue weighted by Gasteiger charge is -2.47. The highest BCUT2D eigenvalue weighted by Gasteiger charge is 2.35. The molecule has 0 aliphatic carbocycles. The van der Waals surface area contributed by atoms with Crippen LogP contribution < -0.4 is 19.7 Å². The summed E-state index contributed by atoms with van der Waals surface area (Å²) in [6, 6.07) is 20.8. The third-order valence-electron chi connectivity index (χ3n) is 8.50. The van der Waals surface area contributed by atoms with E-state index in [1.54, 1.807) is 26.4 Å².